The third kappa shape index (κ3) is 3.70. The SMILES string of the molecule is CCCNc1ncc(C)c(NC(C)c2ccccc2)n1. The van der Waals surface area contributed by atoms with Gasteiger partial charge in [0.05, 0.1) is 0 Å². The van der Waals surface area contributed by atoms with Crippen LogP contribution in [0.3, 0.4) is 0 Å². The van der Waals surface area contributed by atoms with E-state index in [1.54, 1.807) is 0 Å². The summed E-state index contributed by atoms with van der Waals surface area (Å²) in [5.74, 6) is 1.56. The van der Waals surface area contributed by atoms with Crippen LogP contribution in [0.5, 0.6) is 0 Å². The Balaban J connectivity index is 2.11. The molecule has 0 saturated carbocycles. The van der Waals surface area contributed by atoms with E-state index in [4.69, 9.17) is 0 Å². The fourth-order valence-electron chi connectivity index (χ4n) is 1.94. The normalized spacial score (nSPS) is 11.9. The highest BCUT2D eigenvalue weighted by molar-refractivity contribution is 5.48. The average molecular weight is 270 g/mol. The van der Waals surface area contributed by atoms with E-state index in [9.17, 15) is 0 Å². The van der Waals surface area contributed by atoms with Gasteiger partial charge in [-0.25, -0.2) is 4.98 Å². The monoisotopic (exact) mass is 270 g/mol. The van der Waals surface area contributed by atoms with Crippen molar-refractivity contribution in [2.45, 2.75) is 33.2 Å². The van der Waals surface area contributed by atoms with E-state index in [2.05, 4.69) is 58.7 Å². The van der Waals surface area contributed by atoms with Gasteiger partial charge in [-0.15, -0.1) is 0 Å². The number of aryl methyl sites for hydroxylation is 1. The van der Waals surface area contributed by atoms with Gasteiger partial charge in [0.25, 0.3) is 0 Å². The van der Waals surface area contributed by atoms with Gasteiger partial charge in [0.1, 0.15) is 5.82 Å². The van der Waals surface area contributed by atoms with Gasteiger partial charge in [-0.05, 0) is 25.8 Å². The Morgan fingerprint density at radius 2 is 1.95 bits per heavy atom. The quantitative estimate of drug-likeness (QED) is 0.838. The summed E-state index contributed by atoms with van der Waals surface area (Å²) < 4.78 is 0. The van der Waals surface area contributed by atoms with E-state index in [1.165, 1.54) is 5.56 Å². The van der Waals surface area contributed by atoms with Gasteiger partial charge in [0.2, 0.25) is 5.95 Å². The first-order valence-corrected chi connectivity index (χ1v) is 7.09. The fraction of sp³-hybridized carbons (Fsp3) is 0.375. The number of anilines is 2. The maximum atomic E-state index is 4.54. The largest absolute Gasteiger partial charge is 0.363 e. The Hall–Kier alpha value is -2.10. The zero-order valence-corrected chi connectivity index (χ0v) is 12.4. The van der Waals surface area contributed by atoms with Crippen LogP contribution < -0.4 is 10.6 Å². The molecule has 0 aliphatic rings. The van der Waals surface area contributed by atoms with Gasteiger partial charge < -0.3 is 10.6 Å². The lowest BCUT2D eigenvalue weighted by atomic mass is 10.1. The molecule has 20 heavy (non-hydrogen) atoms. The molecule has 0 aliphatic heterocycles. The highest BCUT2D eigenvalue weighted by Crippen LogP contribution is 2.20. The minimum atomic E-state index is 0.212. The van der Waals surface area contributed by atoms with Crippen molar-refractivity contribution in [2.75, 3.05) is 17.2 Å². The number of hydrogen-bond donors (Lipinski definition) is 2. The summed E-state index contributed by atoms with van der Waals surface area (Å²) in [5.41, 5.74) is 2.29. The van der Waals surface area contributed by atoms with Crippen molar-refractivity contribution in [3.8, 4) is 0 Å². The van der Waals surface area contributed by atoms with Crippen LogP contribution in [-0.4, -0.2) is 16.5 Å². The molecule has 0 fully saturated rings. The fourth-order valence-corrected chi connectivity index (χ4v) is 1.94. The molecule has 1 atom stereocenters. The van der Waals surface area contributed by atoms with Crippen molar-refractivity contribution in [1.82, 2.24) is 9.97 Å². The number of nitrogens with zero attached hydrogens (tertiary/aromatic N) is 2. The number of rotatable bonds is 6. The molecule has 0 saturated heterocycles. The smallest absolute Gasteiger partial charge is 0.224 e. The van der Waals surface area contributed by atoms with Gasteiger partial charge in [0.15, 0.2) is 0 Å². The minimum Gasteiger partial charge on any atom is -0.363 e. The molecule has 1 heterocycles. The summed E-state index contributed by atoms with van der Waals surface area (Å²) in [4.78, 5) is 8.84. The molecule has 0 spiro atoms. The van der Waals surface area contributed by atoms with Crippen LogP contribution in [0.4, 0.5) is 11.8 Å². The predicted molar refractivity (Wildman–Crippen MR) is 84.0 cm³/mol. The molecule has 1 unspecified atom stereocenters. The predicted octanol–water partition coefficient (Wildman–Crippen LogP) is 3.78. The molecule has 4 nitrogen and oxygen atoms in total. The summed E-state index contributed by atoms with van der Waals surface area (Å²) >= 11 is 0. The van der Waals surface area contributed by atoms with Crippen LogP contribution in [0.2, 0.25) is 0 Å². The van der Waals surface area contributed by atoms with E-state index in [0.717, 1.165) is 24.3 Å². The van der Waals surface area contributed by atoms with Crippen molar-refractivity contribution in [3.63, 3.8) is 0 Å². The van der Waals surface area contributed by atoms with Gasteiger partial charge in [0, 0.05) is 24.3 Å². The van der Waals surface area contributed by atoms with Gasteiger partial charge in [-0.3, -0.25) is 0 Å². The molecule has 1 aromatic carbocycles. The molecule has 0 amide bonds. The number of aromatic nitrogens is 2. The van der Waals surface area contributed by atoms with Crippen molar-refractivity contribution >= 4 is 11.8 Å². The Kier molecular flexibility index (Phi) is 4.93. The summed E-state index contributed by atoms with van der Waals surface area (Å²) in [6, 6.07) is 10.6. The van der Waals surface area contributed by atoms with Crippen molar-refractivity contribution < 1.29 is 0 Å². The number of nitrogens with one attached hydrogen (secondary N) is 2. The number of benzene rings is 1. The van der Waals surface area contributed by atoms with Crippen molar-refractivity contribution in [3.05, 3.63) is 47.7 Å². The van der Waals surface area contributed by atoms with E-state index in [1.807, 2.05) is 19.2 Å². The zero-order valence-electron chi connectivity index (χ0n) is 12.4. The highest BCUT2D eigenvalue weighted by Gasteiger charge is 2.09. The first kappa shape index (κ1) is 14.3. The first-order valence-electron chi connectivity index (χ1n) is 7.09. The van der Waals surface area contributed by atoms with Crippen LogP contribution in [0.15, 0.2) is 36.5 Å². The summed E-state index contributed by atoms with van der Waals surface area (Å²) in [6.45, 7) is 7.16. The third-order valence-electron chi connectivity index (χ3n) is 3.16. The van der Waals surface area contributed by atoms with Crippen LogP contribution in [0.1, 0.15) is 37.4 Å². The van der Waals surface area contributed by atoms with Crippen molar-refractivity contribution in [1.29, 1.82) is 0 Å². The van der Waals surface area contributed by atoms with E-state index in [-0.39, 0.29) is 6.04 Å². The van der Waals surface area contributed by atoms with Crippen LogP contribution in [0, 0.1) is 6.92 Å². The van der Waals surface area contributed by atoms with Crippen LogP contribution in [-0.2, 0) is 0 Å². The topological polar surface area (TPSA) is 49.8 Å². The maximum absolute atomic E-state index is 4.54. The minimum absolute atomic E-state index is 0.212. The first-order chi connectivity index (χ1) is 9.70. The summed E-state index contributed by atoms with van der Waals surface area (Å²) in [7, 11) is 0. The summed E-state index contributed by atoms with van der Waals surface area (Å²) in [5, 5.41) is 6.66. The summed E-state index contributed by atoms with van der Waals surface area (Å²) in [6.07, 6.45) is 2.91. The standard InChI is InChI=1S/C16H22N4/c1-4-10-17-16-18-11-12(2)15(20-16)19-13(3)14-8-6-5-7-9-14/h5-9,11,13H,4,10H2,1-3H3,(H2,17,18,19,20). The number of hydrogen-bond acceptors (Lipinski definition) is 4. The Morgan fingerprint density at radius 3 is 2.65 bits per heavy atom. The molecule has 2 rings (SSSR count). The lowest BCUT2D eigenvalue weighted by Crippen LogP contribution is -2.11. The Bertz CT molecular complexity index is 539. The Morgan fingerprint density at radius 1 is 1.20 bits per heavy atom. The molecule has 2 aromatic rings. The second-order valence-corrected chi connectivity index (χ2v) is 4.93. The van der Waals surface area contributed by atoms with Gasteiger partial charge in [-0.2, -0.15) is 4.98 Å². The molecular formula is C16H22N4. The lowest BCUT2D eigenvalue weighted by molar-refractivity contribution is 0.865. The van der Waals surface area contributed by atoms with Crippen LogP contribution in [0.25, 0.3) is 0 Å². The zero-order chi connectivity index (χ0) is 14.4. The molecule has 4 heteroatoms. The molecule has 0 bridgehead atoms. The van der Waals surface area contributed by atoms with Crippen LogP contribution >= 0.6 is 0 Å². The van der Waals surface area contributed by atoms with Crippen molar-refractivity contribution in [2.24, 2.45) is 0 Å². The lowest BCUT2D eigenvalue weighted by Gasteiger charge is -2.17. The average Bonchev–Trinajstić information content (AvgIpc) is 2.49. The second-order valence-electron chi connectivity index (χ2n) is 4.93. The molecule has 0 aliphatic carbocycles. The maximum Gasteiger partial charge on any atom is 0.224 e. The third-order valence-corrected chi connectivity index (χ3v) is 3.16. The molecule has 106 valence electrons. The molecular weight excluding hydrogens is 248 g/mol. The Labute approximate surface area is 120 Å². The second kappa shape index (κ2) is 6.89. The van der Waals surface area contributed by atoms with E-state index < -0.39 is 0 Å². The van der Waals surface area contributed by atoms with E-state index >= 15 is 0 Å². The highest BCUT2D eigenvalue weighted by atomic mass is 15.1. The molecule has 2 N–H and O–H groups in total. The molecule has 1 aromatic heterocycles. The molecule has 0 radical (unpaired) electrons. The van der Waals surface area contributed by atoms with Gasteiger partial charge >= 0.3 is 0 Å². The van der Waals surface area contributed by atoms with E-state index in [0.29, 0.717) is 5.95 Å². The van der Waals surface area contributed by atoms with Gasteiger partial charge in [-0.1, -0.05) is 37.3 Å².